The van der Waals surface area contributed by atoms with Gasteiger partial charge in [-0.25, -0.2) is 5.10 Å². The SMILES string of the molecule is CCC(C)(C)n1c(N)n[nH]c1=S. The smallest absolute Gasteiger partial charge is 0.220 e. The Hall–Kier alpha value is -0.840. The Labute approximate surface area is 76.8 Å². The standard InChI is InChI=1S/C7H14N4S/c1-4-7(2,3)11-5(8)9-10-6(11)12/h4H2,1-3H3,(H2,8,9)(H,10,12). The van der Waals surface area contributed by atoms with Crippen molar-refractivity contribution in [2.24, 2.45) is 0 Å². The Balaban J connectivity index is 3.26. The van der Waals surface area contributed by atoms with Gasteiger partial charge in [0.25, 0.3) is 0 Å². The molecular formula is C7H14N4S. The minimum absolute atomic E-state index is 0.0613. The number of anilines is 1. The third-order valence-electron chi connectivity index (χ3n) is 2.17. The van der Waals surface area contributed by atoms with E-state index >= 15 is 0 Å². The van der Waals surface area contributed by atoms with E-state index < -0.39 is 0 Å². The molecule has 1 aromatic rings. The second-order valence-corrected chi connectivity index (χ2v) is 3.78. The number of aromatic nitrogens is 3. The van der Waals surface area contributed by atoms with Gasteiger partial charge < -0.3 is 5.73 Å². The van der Waals surface area contributed by atoms with Gasteiger partial charge in [-0.15, -0.1) is 5.10 Å². The molecule has 0 radical (unpaired) electrons. The summed E-state index contributed by atoms with van der Waals surface area (Å²) in [5.41, 5.74) is 5.60. The van der Waals surface area contributed by atoms with Crippen molar-refractivity contribution < 1.29 is 0 Å². The molecule has 68 valence electrons. The van der Waals surface area contributed by atoms with E-state index in [1.54, 1.807) is 0 Å². The van der Waals surface area contributed by atoms with Gasteiger partial charge in [0.15, 0.2) is 4.77 Å². The average molecular weight is 186 g/mol. The maximum absolute atomic E-state index is 5.66. The van der Waals surface area contributed by atoms with Crippen molar-refractivity contribution in [3.05, 3.63) is 4.77 Å². The van der Waals surface area contributed by atoms with Crippen LogP contribution in [0.1, 0.15) is 27.2 Å². The molecule has 0 fully saturated rings. The van der Waals surface area contributed by atoms with Gasteiger partial charge in [-0.05, 0) is 32.5 Å². The number of H-pyrrole nitrogens is 1. The molecule has 0 aliphatic rings. The van der Waals surface area contributed by atoms with Crippen LogP contribution in [-0.4, -0.2) is 14.8 Å². The molecule has 1 aromatic heterocycles. The molecule has 1 heterocycles. The van der Waals surface area contributed by atoms with E-state index in [0.29, 0.717) is 10.7 Å². The number of hydrogen-bond acceptors (Lipinski definition) is 3. The number of hydrogen-bond donors (Lipinski definition) is 2. The summed E-state index contributed by atoms with van der Waals surface area (Å²) < 4.78 is 2.42. The fourth-order valence-electron chi connectivity index (χ4n) is 1.05. The molecule has 0 amide bonds. The van der Waals surface area contributed by atoms with Crippen molar-refractivity contribution in [3.8, 4) is 0 Å². The van der Waals surface area contributed by atoms with E-state index in [-0.39, 0.29) is 5.54 Å². The molecule has 0 bridgehead atoms. The highest BCUT2D eigenvalue weighted by molar-refractivity contribution is 7.71. The highest BCUT2D eigenvalue weighted by Crippen LogP contribution is 2.21. The van der Waals surface area contributed by atoms with Gasteiger partial charge in [0, 0.05) is 5.54 Å². The number of aromatic amines is 1. The average Bonchev–Trinajstić information content (AvgIpc) is 2.31. The van der Waals surface area contributed by atoms with Gasteiger partial charge in [-0.2, -0.15) is 0 Å². The van der Waals surface area contributed by atoms with Crippen molar-refractivity contribution in [1.29, 1.82) is 0 Å². The summed E-state index contributed by atoms with van der Waals surface area (Å²) >= 11 is 5.05. The monoisotopic (exact) mass is 186 g/mol. The molecule has 0 saturated carbocycles. The van der Waals surface area contributed by atoms with Crippen molar-refractivity contribution in [2.45, 2.75) is 32.7 Å². The Morgan fingerprint density at radius 3 is 2.58 bits per heavy atom. The Morgan fingerprint density at radius 1 is 1.67 bits per heavy atom. The normalized spacial score (nSPS) is 11.9. The number of nitrogen functional groups attached to an aromatic ring is 1. The van der Waals surface area contributed by atoms with Crippen LogP contribution >= 0.6 is 12.2 Å². The summed E-state index contributed by atoms with van der Waals surface area (Å²) in [6, 6.07) is 0. The summed E-state index contributed by atoms with van der Waals surface area (Å²) in [4.78, 5) is 0. The maximum Gasteiger partial charge on any atom is 0.220 e. The quantitative estimate of drug-likeness (QED) is 0.691. The van der Waals surface area contributed by atoms with E-state index in [4.69, 9.17) is 18.0 Å². The van der Waals surface area contributed by atoms with Crippen LogP contribution < -0.4 is 5.73 Å². The Morgan fingerprint density at radius 2 is 2.25 bits per heavy atom. The van der Waals surface area contributed by atoms with Gasteiger partial charge in [0.1, 0.15) is 0 Å². The first-order chi connectivity index (χ1) is 5.49. The van der Waals surface area contributed by atoms with Crippen LogP contribution in [0.15, 0.2) is 0 Å². The van der Waals surface area contributed by atoms with E-state index in [1.165, 1.54) is 0 Å². The Kier molecular flexibility index (Phi) is 2.23. The lowest BCUT2D eigenvalue weighted by molar-refractivity contribution is 0.342. The zero-order chi connectivity index (χ0) is 9.35. The zero-order valence-electron chi connectivity index (χ0n) is 7.59. The predicted octanol–water partition coefficient (Wildman–Crippen LogP) is 1.67. The fraction of sp³-hybridized carbons (Fsp3) is 0.714. The first-order valence-electron chi connectivity index (χ1n) is 3.92. The molecule has 4 nitrogen and oxygen atoms in total. The van der Waals surface area contributed by atoms with Crippen molar-refractivity contribution in [1.82, 2.24) is 14.8 Å². The molecule has 1 rings (SSSR count). The highest BCUT2D eigenvalue weighted by atomic mass is 32.1. The second kappa shape index (κ2) is 2.90. The lowest BCUT2D eigenvalue weighted by Crippen LogP contribution is -2.26. The first-order valence-corrected chi connectivity index (χ1v) is 4.33. The second-order valence-electron chi connectivity index (χ2n) is 3.39. The lowest BCUT2D eigenvalue weighted by atomic mass is 10.0. The van der Waals surface area contributed by atoms with Crippen LogP contribution in [0.3, 0.4) is 0 Å². The van der Waals surface area contributed by atoms with Crippen molar-refractivity contribution in [2.75, 3.05) is 5.73 Å². The van der Waals surface area contributed by atoms with Crippen molar-refractivity contribution >= 4 is 18.2 Å². The molecule has 12 heavy (non-hydrogen) atoms. The lowest BCUT2D eigenvalue weighted by Gasteiger charge is -2.24. The third-order valence-corrected chi connectivity index (χ3v) is 2.44. The van der Waals surface area contributed by atoms with Crippen LogP contribution in [0.2, 0.25) is 0 Å². The van der Waals surface area contributed by atoms with Crippen LogP contribution in [0.25, 0.3) is 0 Å². The first kappa shape index (κ1) is 9.25. The number of nitrogens with one attached hydrogen (secondary N) is 1. The molecule has 3 N–H and O–H groups in total. The topological polar surface area (TPSA) is 59.6 Å². The van der Waals surface area contributed by atoms with E-state index in [1.807, 2.05) is 4.57 Å². The maximum atomic E-state index is 5.66. The summed E-state index contributed by atoms with van der Waals surface area (Å²) in [6.07, 6.45) is 0.963. The summed E-state index contributed by atoms with van der Waals surface area (Å²) in [7, 11) is 0. The predicted molar refractivity (Wildman–Crippen MR) is 51.4 cm³/mol. The third kappa shape index (κ3) is 1.36. The van der Waals surface area contributed by atoms with E-state index in [2.05, 4.69) is 31.0 Å². The number of nitrogens with two attached hydrogens (primary N) is 1. The van der Waals surface area contributed by atoms with Crippen LogP contribution in [0, 0.1) is 4.77 Å². The van der Waals surface area contributed by atoms with E-state index in [9.17, 15) is 0 Å². The van der Waals surface area contributed by atoms with Gasteiger partial charge in [0.05, 0.1) is 0 Å². The molecule has 0 spiro atoms. The molecule has 0 aromatic carbocycles. The minimum Gasteiger partial charge on any atom is -0.368 e. The fourth-order valence-corrected chi connectivity index (χ4v) is 1.44. The molecule has 5 heteroatoms. The van der Waals surface area contributed by atoms with Crippen LogP contribution in [0.5, 0.6) is 0 Å². The largest absolute Gasteiger partial charge is 0.368 e. The van der Waals surface area contributed by atoms with Gasteiger partial charge in [0.2, 0.25) is 5.95 Å². The molecular weight excluding hydrogens is 172 g/mol. The molecule has 0 aliphatic heterocycles. The van der Waals surface area contributed by atoms with Crippen LogP contribution in [0.4, 0.5) is 5.95 Å². The highest BCUT2D eigenvalue weighted by Gasteiger charge is 2.21. The van der Waals surface area contributed by atoms with Gasteiger partial charge in [-0.1, -0.05) is 6.92 Å². The Bertz CT molecular complexity index is 322. The van der Waals surface area contributed by atoms with Gasteiger partial charge in [-0.3, -0.25) is 4.57 Å². The zero-order valence-corrected chi connectivity index (χ0v) is 8.40. The minimum atomic E-state index is -0.0613. The van der Waals surface area contributed by atoms with E-state index in [0.717, 1.165) is 6.42 Å². The number of nitrogens with zero attached hydrogens (tertiary/aromatic N) is 2. The summed E-state index contributed by atoms with van der Waals surface area (Å²) in [5, 5.41) is 6.52. The van der Waals surface area contributed by atoms with Crippen LogP contribution in [-0.2, 0) is 5.54 Å². The summed E-state index contributed by atoms with van der Waals surface area (Å²) in [6.45, 7) is 6.25. The number of rotatable bonds is 2. The summed E-state index contributed by atoms with van der Waals surface area (Å²) in [5.74, 6) is 0.451. The van der Waals surface area contributed by atoms with Gasteiger partial charge >= 0.3 is 0 Å². The van der Waals surface area contributed by atoms with Crippen molar-refractivity contribution in [3.63, 3.8) is 0 Å². The molecule has 0 aliphatic carbocycles. The molecule has 0 saturated heterocycles. The molecule has 0 unspecified atom stereocenters. The molecule has 0 atom stereocenters.